The van der Waals surface area contributed by atoms with Gasteiger partial charge in [0.1, 0.15) is 0 Å². The Morgan fingerprint density at radius 1 is 1.17 bits per heavy atom. The lowest BCUT2D eigenvalue weighted by atomic mass is 10.2. The van der Waals surface area contributed by atoms with Crippen LogP contribution in [0.25, 0.3) is 16.9 Å². The topological polar surface area (TPSA) is 95.7 Å². The summed E-state index contributed by atoms with van der Waals surface area (Å²) in [5, 5.41) is 9.35. The highest BCUT2D eigenvalue weighted by atomic mass is 35.5. The van der Waals surface area contributed by atoms with E-state index in [4.69, 9.17) is 21.4 Å². The van der Waals surface area contributed by atoms with E-state index in [2.05, 4.69) is 4.98 Å². The molecule has 0 saturated carbocycles. The summed E-state index contributed by atoms with van der Waals surface area (Å²) < 4.78 is 11.5. The number of benzene rings is 1. The van der Waals surface area contributed by atoms with Gasteiger partial charge in [0, 0.05) is 30.5 Å². The van der Waals surface area contributed by atoms with Crippen LogP contribution in [0.3, 0.4) is 0 Å². The minimum absolute atomic E-state index is 0.0413. The number of nitrogens with zero attached hydrogens (tertiary/aromatic N) is 5. The van der Waals surface area contributed by atoms with E-state index in [9.17, 15) is 9.59 Å². The summed E-state index contributed by atoms with van der Waals surface area (Å²) in [4.78, 5) is 30.8. The number of aliphatic hydroxyl groups is 1. The molecule has 9 nitrogen and oxygen atoms in total. The molecule has 1 N–H and O–H groups in total. The van der Waals surface area contributed by atoms with Crippen molar-refractivity contribution in [1.29, 1.82) is 0 Å². The summed E-state index contributed by atoms with van der Waals surface area (Å²) in [5.74, 6) is 0.553. The molecule has 4 rings (SSSR count). The van der Waals surface area contributed by atoms with E-state index in [1.807, 2.05) is 23.8 Å². The van der Waals surface area contributed by atoms with Crippen molar-refractivity contribution in [2.24, 2.45) is 7.05 Å². The van der Waals surface area contributed by atoms with E-state index in [1.165, 1.54) is 9.13 Å². The predicted molar refractivity (Wildman–Crippen MR) is 113 cm³/mol. The molecule has 0 aliphatic heterocycles. The Morgan fingerprint density at radius 2 is 1.93 bits per heavy atom. The second-order valence-electron chi connectivity index (χ2n) is 7.04. The number of aliphatic hydroxyl groups excluding tert-OH is 1. The summed E-state index contributed by atoms with van der Waals surface area (Å²) in [5.41, 5.74) is 1.36. The number of rotatable bonds is 7. The third-order valence-electron chi connectivity index (χ3n) is 5.12. The molecule has 0 aliphatic carbocycles. The van der Waals surface area contributed by atoms with Crippen LogP contribution in [0.4, 0.5) is 0 Å². The zero-order valence-corrected chi connectivity index (χ0v) is 17.5. The largest absolute Gasteiger partial charge is 0.394 e. The van der Waals surface area contributed by atoms with Crippen molar-refractivity contribution in [1.82, 2.24) is 23.1 Å². The molecule has 0 saturated heterocycles. The van der Waals surface area contributed by atoms with Crippen molar-refractivity contribution < 1.29 is 9.84 Å². The number of imidazole rings is 2. The predicted octanol–water partition coefficient (Wildman–Crippen LogP) is 1.17. The van der Waals surface area contributed by atoms with E-state index >= 15 is 0 Å². The van der Waals surface area contributed by atoms with E-state index < -0.39 is 11.2 Å². The van der Waals surface area contributed by atoms with Gasteiger partial charge in [0.2, 0.25) is 5.78 Å². The summed E-state index contributed by atoms with van der Waals surface area (Å²) in [6, 6.07) is 7.13. The minimum Gasteiger partial charge on any atom is -0.394 e. The Balaban J connectivity index is 1.87. The van der Waals surface area contributed by atoms with Crippen LogP contribution in [0, 0.1) is 6.92 Å². The molecule has 0 bridgehead atoms. The monoisotopic (exact) mass is 431 g/mol. The third kappa shape index (κ3) is 3.34. The minimum atomic E-state index is -0.456. The van der Waals surface area contributed by atoms with Gasteiger partial charge in [-0.05, 0) is 18.6 Å². The van der Waals surface area contributed by atoms with Crippen molar-refractivity contribution in [3.8, 4) is 0 Å². The molecule has 0 radical (unpaired) electrons. The molecule has 3 aromatic heterocycles. The Bertz CT molecular complexity index is 1350. The molecule has 0 aliphatic rings. The lowest BCUT2D eigenvalue weighted by Gasteiger charge is -2.09. The fourth-order valence-electron chi connectivity index (χ4n) is 3.59. The summed E-state index contributed by atoms with van der Waals surface area (Å²) in [7, 11) is 1.60. The molecule has 0 fully saturated rings. The second-order valence-corrected chi connectivity index (χ2v) is 7.44. The molecule has 4 aromatic rings. The van der Waals surface area contributed by atoms with Crippen LogP contribution in [0.2, 0.25) is 5.02 Å². The van der Waals surface area contributed by atoms with Gasteiger partial charge in [0.25, 0.3) is 5.56 Å². The van der Waals surface area contributed by atoms with Crippen LogP contribution < -0.4 is 11.2 Å². The normalized spacial score (nSPS) is 11.7. The average molecular weight is 432 g/mol. The first-order valence-corrected chi connectivity index (χ1v) is 9.91. The standard InChI is InChI=1S/C20H22ClN5O4/c1-13-11-25-16-17(22-19(25)24(13)7-9-30-10-8-27)23(2)20(29)26(18(16)28)12-14-5-3-4-6-15(14)21/h3-6,11,27H,7-10,12H2,1-2H3. The third-order valence-corrected chi connectivity index (χ3v) is 5.49. The number of ether oxygens (including phenoxy) is 1. The van der Waals surface area contributed by atoms with Gasteiger partial charge >= 0.3 is 5.69 Å². The Morgan fingerprint density at radius 3 is 2.67 bits per heavy atom. The first-order valence-electron chi connectivity index (χ1n) is 9.53. The SMILES string of the molecule is Cc1cn2c3c(=O)n(Cc4ccccc4Cl)c(=O)n(C)c3nc2n1CCOCCO. The van der Waals surface area contributed by atoms with E-state index in [-0.39, 0.29) is 19.8 Å². The zero-order chi connectivity index (χ0) is 21.4. The van der Waals surface area contributed by atoms with Gasteiger partial charge in [-0.2, -0.15) is 4.98 Å². The molecule has 30 heavy (non-hydrogen) atoms. The van der Waals surface area contributed by atoms with Gasteiger partial charge in [-0.3, -0.25) is 18.3 Å². The smallest absolute Gasteiger partial charge is 0.332 e. The number of halogens is 1. The highest BCUT2D eigenvalue weighted by Gasteiger charge is 2.20. The fourth-order valence-corrected chi connectivity index (χ4v) is 3.79. The van der Waals surface area contributed by atoms with Crippen LogP contribution in [0.5, 0.6) is 0 Å². The molecular weight excluding hydrogens is 410 g/mol. The van der Waals surface area contributed by atoms with Crippen LogP contribution >= 0.6 is 11.6 Å². The van der Waals surface area contributed by atoms with Crippen molar-refractivity contribution in [3.05, 3.63) is 67.6 Å². The van der Waals surface area contributed by atoms with Gasteiger partial charge in [-0.25, -0.2) is 4.79 Å². The molecule has 0 atom stereocenters. The number of aromatic nitrogens is 5. The maximum atomic E-state index is 13.3. The van der Waals surface area contributed by atoms with E-state index in [0.717, 1.165) is 5.69 Å². The Kier molecular flexibility index (Phi) is 5.50. The van der Waals surface area contributed by atoms with E-state index in [0.29, 0.717) is 40.7 Å². The zero-order valence-electron chi connectivity index (χ0n) is 16.7. The molecule has 158 valence electrons. The van der Waals surface area contributed by atoms with Crippen LogP contribution in [0.15, 0.2) is 40.1 Å². The van der Waals surface area contributed by atoms with Crippen LogP contribution in [0.1, 0.15) is 11.3 Å². The maximum absolute atomic E-state index is 13.3. The van der Waals surface area contributed by atoms with Crippen molar-refractivity contribution >= 4 is 28.5 Å². The van der Waals surface area contributed by atoms with Crippen molar-refractivity contribution in [3.63, 3.8) is 0 Å². The first-order chi connectivity index (χ1) is 14.4. The summed E-state index contributed by atoms with van der Waals surface area (Å²) in [6.45, 7) is 3.10. The number of aryl methyl sites for hydroxylation is 2. The summed E-state index contributed by atoms with van der Waals surface area (Å²) >= 11 is 6.23. The lowest BCUT2D eigenvalue weighted by Crippen LogP contribution is -2.39. The quantitative estimate of drug-likeness (QED) is 0.443. The maximum Gasteiger partial charge on any atom is 0.332 e. The highest BCUT2D eigenvalue weighted by Crippen LogP contribution is 2.18. The molecular formula is C20H22ClN5O4. The lowest BCUT2D eigenvalue weighted by molar-refractivity contribution is 0.0872. The average Bonchev–Trinajstić information content (AvgIpc) is 3.23. The Hall–Kier alpha value is -2.88. The highest BCUT2D eigenvalue weighted by molar-refractivity contribution is 6.31. The van der Waals surface area contributed by atoms with Gasteiger partial charge in [-0.15, -0.1) is 0 Å². The van der Waals surface area contributed by atoms with Gasteiger partial charge in [0.05, 0.1) is 26.4 Å². The van der Waals surface area contributed by atoms with Crippen molar-refractivity contribution in [2.45, 2.75) is 20.0 Å². The molecule has 0 amide bonds. The fraction of sp³-hybridized carbons (Fsp3) is 0.350. The van der Waals surface area contributed by atoms with Gasteiger partial charge in [-0.1, -0.05) is 29.8 Å². The molecule has 0 unspecified atom stereocenters. The van der Waals surface area contributed by atoms with Crippen molar-refractivity contribution in [2.75, 3.05) is 19.8 Å². The van der Waals surface area contributed by atoms with Gasteiger partial charge in [0.15, 0.2) is 11.2 Å². The summed E-state index contributed by atoms with van der Waals surface area (Å²) in [6.07, 6.45) is 1.82. The molecule has 10 heteroatoms. The Labute approximate surface area is 176 Å². The van der Waals surface area contributed by atoms with Gasteiger partial charge < -0.3 is 14.4 Å². The number of hydrogen-bond donors (Lipinski definition) is 1. The molecule has 0 spiro atoms. The number of hydrogen-bond acceptors (Lipinski definition) is 5. The van der Waals surface area contributed by atoms with Crippen LogP contribution in [-0.4, -0.2) is 48.0 Å². The first kappa shape index (κ1) is 20.4. The number of fused-ring (bicyclic) bond motifs is 3. The molecule has 1 aromatic carbocycles. The second kappa shape index (κ2) is 8.10. The molecule has 3 heterocycles. The van der Waals surface area contributed by atoms with E-state index in [1.54, 1.807) is 29.6 Å². The van der Waals surface area contributed by atoms with Crippen LogP contribution in [-0.2, 0) is 24.9 Å².